The molecule has 1 amide bonds. The fourth-order valence-electron chi connectivity index (χ4n) is 2.96. The highest BCUT2D eigenvalue weighted by Crippen LogP contribution is 2.27. The first-order chi connectivity index (χ1) is 14.7. The summed E-state index contributed by atoms with van der Waals surface area (Å²) in [4.78, 5) is 12.7. The van der Waals surface area contributed by atoms with Crippen molar-refractivity contribution in [3.8, 4) is 5.75 Å². The molecule has 3 aromatic rings. The zero-order valence-corrected chi connectivity index (χ0v) is 19.2. The van der Waals surface area contributed by atoms with Gasteiger partial charge >= 0.3 is 0 Å². The Balaban J connectivity index is 1.95. The summed E-state index contributed by atoms with van der Waals surface area (Å²) in [6.45, 7) is 1.20. The van der Waals surface area contributed by atoms with Crippen molar-refractivity contribution in [1.29, 1.82) is 0 Å². The minimum atomic E-state index is -4.09. The highest BCUT2D eigenvalue weighted by atomic mass is 79.9. The quantitative estimate of drug-likeness (QED) is 0.502. The second-order valence-corrected chi connectivity index (χ2v) is 9.43. The Morgan fingerprint density at radius 3 is 2.42 bits per heavy atom. The number of methoxy groups -OCH3 is 1. The molecule has 6 nitrogen and oxygen atoms in total. The molecule has 0 aliphatic rings. The van der Waals surface area contributed by atoms with Gasteiger partial charge in [0.2, 0.25) is 5.91 Å². The predicted molar refractivity (Wildman–Crippen MR) is 121 cm³/mol. The van der Waals surface area contributed by atoms with Crippen LogP contribution in [0, 0.1) is 12.7 Å². The SMILES string of the molecule is COc1ccc(S(=O)(=O)N(CC(=O)Nc2ccc(Br)cc2F)c2ccccc2)cc1C. The second kappa shape index (κ2) is 9.49. The number of aryl methyl sites for hydroxylation is 1. The highest BCUT2D eigenvalue weighted by molar-refractivity contribution is 9.10. The van der Waals surface area contributed by atoms with Crippen LogP contribution in [-0.4, -0.2) is 28.0 Å². The monoisotopic (exact) mass is 506 g/mol. The van der Waals surface area contributed by atoms with Crippen molar-refractivity contribution in [1.82, 2.24) is 0 Å². The van der Waals surface area contributed by atoms with Crippen LogP contribution < -0.4 is 14.4 Å². The van der Waals surface area contributed by atoms with Crippen molar-refractivity contribution in [3.63, 3.8) is 0 Å². The lowest BCUT2D eigenvalue weighted by atomic mass is 10.2. The lowest BCUT2D eigenvalue weighted by Gasteiger charge is -2.24. The van der Waals surface area contributed by atoms with E-state index in [4.69, 9.17) is 4.74 Å². The smallest absolute Gasteiger partial charge is 0.264 e. The molecule has 3 aromatic carbocycles. The molecule has 0 bridgehead atoms. The van der Waals surface area contributed by atoms with Crippen LogP contribution in [0.1, 0.15) is 5.56 Å². The van der Waals surface area contributed by atoms with E-state index in [2.05, 4.69) is 21.2 Å². The predicted octanol–water partition coefficient (Wildman–Crippen LogP) is 4.74. The van der Waals surface area contributed by atoms with E-state index in [1.807, 2.05) is 0 Å². The minimum Gasteiger partial charge on any atom is -0.496 e. The molecule has 0 aliphatic heterocycles. The summed E-state index contributed by atoms with van der Waals surface area (Å²) < 4.78 is 47.6. The zero-order chi connectivity index (χ0) is 22.6. The molecule has 31 heavy (non-hydrogen) atoms. The van der Waals surface area contributed by atoms with Crippen molar-refractivity contribution in [3.05, 3.63) is 82.6 Å². The number of amides is 1. The van der Waals surface area contributed by atoms with Crippen molar-refractivity contribution in [2.75, 3.05) is 23.3 Å². The third kappa shape index (κ3) is 5.23. The number of nitrogens with one attached hydrogen (secondary N) is 1. The standard InChI is InChI=1S/C22H20BrFN2O4S/c1-15-12-18(9-11-21(15)30-2)31(28,29)26(17-6-4-3-5-7-17)14-22(27)25-20-10-8-16(23)13-19(20)24/h3-13H,14H2,1-2H3,(H,25,27). The van der Waals surface area contributed by atoms with E-state index in [0.29, 0.717) is 21.5 Å². The van der Waals surface area contributed by atoms with Gasteiger partial charge in [-0.3, -0.25) is 9.10 Å². The van der Waals surface area contributed by atoms with Gasteiger partial charge in [0.15, 0.2) is 0 Å². The van der Waals surface area contributed by atoms with Gasteiger partial charge in [0.25, 0.3) is 10.0 Å². The minimum absolute atomic E-state index is 0.0114. The van der Waals surface area contributed by atoms with Gasteiger partial charge in [-0.05, 0) is 61.0 Å². The molecule has 1 N–H and O–H groups in total. The van der Waals surface area contributed by atoms with E-state index in [1.165, 1.54) is 31.4 Å². The van der Waals surface area contributed by atoms with Crippen LogP contribution in [0.4, 0.5) is 15.8 Å². The lowest BCUT2D eigenvalue weighted by Crippen LogP contribution is -2.38. The fraction of sp³-hybridized carbons (Fsp3) is 0.136. The molecule has 162 valence electrons. The van der Waals surface area contributed by atoms with Crippen molar-refractivity contribution in [2.45, 2.75) is 11.8 Å². The third-order valence-electron chi connectivity index (χ3n) is 4.49. The molecule has 0 fully saturated rings. The summed E-state index contributed by atoms with van der Waals surface area (Å²) >= 11 is 3.15. The Morgan fingerprint density at radius 1 is 1.10 bits per heavy atom. The van der Waals surface area contributed by atoms with E-state index in [-0.39, 0.29) is 10.6 Å². The fourth-order valence-corrected chi connectivity index (χ4v) is 4.80. The van der Waals surface area contributed by atoms with Crippen LogP contribution in [-0.2, 0) is 14.8 Å². The van der Waals surface area contributed by atoms with Crippen molar-refractivity contribution >= 4 is 43.2 Å². The third-order valence-corrected chi connectivity index (χ3v) is 6.75. The number of benzene rings is 3. The molecule has 0 heterocycles. The van der Waals surface area contributed by atoms with Gasteiger partial charge in [-0.2, -0.15) is 0 Å². The molecule has 9 heteroatoms. The number of carbonyl (C=O) groups is 1. The summed E-state index contributed by atoms with van der Waals surface area (Å²) in [6.07, 6.45) is 0. The molecular formula is C22H20BrFN2O4S. The summed E-state index contributed by atoms with van der Waals surface area (Å²) in [5.41, 5.74) is 0.902. The first kappa shape index (κ1) is 22.8. The highest BCUT2D eigenvalue weighted by Gasteiger charge is 2.28. The van der Waals surface area contributed by atoms with E-state index in [0.717, 1.165) is 4.31 Å². The molecule has 0 saturated heterocycles. The maximum absolute atomic E-state index is 14.1. The Morgan fingerprint density at radius 2 is 1.81 bits per heavy atom. The molecule has 3 rings (SSSR count). The van der Waals surface area contributed by atoms with Gasteiger partial charge in [0.1, 0.15) is 18.1 Å². The molecule has 0 radical (unpaired) electrons. The summed E-state index contributed by atoms with van der Waals surface area (Å²) in [7, 11) is -2.59. The van der Waals surface area contributed by atoms with E-state index in [9.17, 15) is 17.6 Å². The van der Waals surface area contributed by atoms with E-state index in [1.54, 1.807) is 49.4 Å². The van der Waals surface area contributed by atoms with Crippen LogP contribution in [0.25, 0.3) is 0 Å². The number of halogens is 2. The van der Waals surface area contributed by atoms with Gasteiger partial charge in [0.05, 0.1) is 23.4 Å². The molecule has 0 spiro atoms. The Bertz CT molecular complexity index is 1200. The van der Waals surface area contributed by atoms with E-state index < -0.39 is 28.3 Å². The van der Waals surface area contributed by atoms with Crippen LogP contribution in [0.15, 0.2) is 76.1 Å². The average molecular weight is 507 g/mol. The summed E-state index contributed by atoms with van der Waals surface area (Å²) in [6, 6.07) is 16.9. The van der Waals surface area contributed by atoms with Gasteiger partial charge in [-0.25, -0.2) is 12.8 Å². The zero-order valence-electron chi connectivity index (χ0n) is 16.8. The van der Waals surface area contributed by atoms with Crippen LogP contribution in [0.3, 0.4) is 0 Å². The van der Waals surface area contributed by atoms with Gasteiger partial charge in [0, 0.05) is 4.47 Å². The molecule has 0 saturated carbocycles. The number of para-hydroxylation sites is 1. The molecule has 0 atom stereocenters. The first-order valence-corrected chi connectivity index (χ1v) is 11.4. The first-order valence-electron chi connectivity index (χ1n) is 9.19. The number of hydrogen-bond acceptors (Lipinski definition) is 4. The average Bonchev–Trinajstić information content (AvgIpc) is 2.74. The number of hydrogen-bond donors (Lipinski definition) is 1. The topological polar surface area (TPSA) is 75.7 Å². The van der Waals surface area contributed by atoms with Gasteiger partial charge < -0.3 is 10.1 Å². The number of nitrogens with zero attached hydrogens (tertiary/aromatic N) is 1. The maximum Gasteiger partial charge on any atom is 0.264 e. The number of rotatable bonds is 7. The Kier molecular flexibility index (Phi) is 6.97. The second-order valence-electron chi connectivity index (χ2n) is 6.65. The van der Waals surface area contributed by atoms with Crippen LogP contribution in [0.2, 0.25) is 0 Å². The Labute approximate surface area is 188 Å². The number of sulfonamides is 1. The van der Waals surface area contributed by atoms with Gasteiger partial charge in [-0.1, -0.05) is 34.1 Å². The normalized spacial score (nSPS) is 11.1. The molecule has 0 aromatic heterocycles. The molecule has 0 unspecified atom stereocenters. The number of anilines is 2. The number of carbonyl (C=O) groups excluding carboxylic acids is 1. The lowest BCUT2D eigenvalue weighted by molar-refractivity contribution is -0.114. The van der Waals surface area contributed by atoms with Crippen molar-refractivity contribution < 1.29 is 22.3 Å². The largest absolute Gasteiger partial charge is 0.496 e. The van der Waals surface area contributed by atoms with E-state index >= 15 is 0 Å². The van der Waals surface area contributed by atoms with Crippen molar-refractivity contribution in [2.24, 2.45) is 0 Å². The molecule has 0 aliphatic carbocycles. The Hall–Kier alpha value is -2.91. The van der Waals surface area contributed by atoms with Crippen LogP contribution >= 0.6 is 15.9 Å². The number of ether oxygens (including phenoxy) is 1. The summed E-state index contributed by atoms with van der Waals surface area (Å²) in [5.74, 6) is -0.768. The van der Waals surface area contributed by atoms with Gasteiger partial charge in [-0.15, -0.1) is 0 Å². The molecular weight excluding hydrogens is 487 g/mol. The maximum atomic E-state index is 14.1. The van der Waals surface area contributed by atoms with Crippen LogP contribution in [0.5, 0.6) is 5.75 Å². The summed E-state index contributed by atoms with van der Waals surface area (Å²) in [5, 5.41) is 2.43.